The lowest BCUT2D eigenvalue weighted by atomic mass is 10.1. The van der Waals surface area contributed by atoms with E-state index in [4.69, 9.17) is 4.42 Å². The van der Waals surface area contributed by atoms with E-state index < -0.39 is 11.7 Å². The Bertz CT molecular complexity index is 665. The summed E-state index contributed by atoms with van der Waals surface area (Å²) in [5.41, 5.74) is 0.917. The summed E-state index contributed by atoms with van der Waals surface area (Å²) in [4.78, 5) is 12.1. The van der Waals surface area contributed by atoms with E-state index in [0.717, 1.165) is 19.4 Å². The van der Waals surface area contributed by atoms with E-state index in [1.807, 2.05) is 0 Å². The van der Waals surface area contributed by atoms with Crippen molar-refractivity contribution in [3.63, 3.8) is 0 Å². The van der Waals surface area contributed by atoms with E-state index in [2.05, 4.69) is 20.8 Å². The van der Waals surface area contributed by atoms with Gasteiger partial charge in [0.05, 0.1) is 6.04 Å². The van der Waals surface area contributed by atoms with E-state index in [0.29, 0.717) is 11.5 Å². The van der Waals surface area contributed by atoms with Crippen molar-refractivity contribution in [3.05, 3.63) is 41.0 Å². The number of carbonyl (C=O) groups is 1. The first-order valence-electron chi connectivity index (χ1n) is 6.78. The zero-order valence-corrected chi connectivity index (χ0v) is 11.5. The highest BCUT2D eigenvalue weighted by Gasteiger charge is 2.23. The van der Waals surface area contributed by atoms with Crippen molar-refractivity contribution < 1.29 is 13.6 Å². The molecule has 1 atom stereocenters. The Hall–Kier alpha value is -2.28. The predicted octanol–water partition coefficient (Wildman–Crippen LogP) is 2.19. The number of aromatic nitrogens is 2. The SMILES string of the molecule is Cc1ccc(F)cc1C(=O)Nc1nnc(C2CCCN2)o1. The van der Waals surface area contributed by atoms with Crippen LogP contribution in [0, 0.1) is 12.7 Å². The number of anilines is 1. The number of nitrogens with one attached hydrogen (secondary N) is 2. The fraction of sp³-hybridized carbons (Fsp3) is 0.357. The van der Waals surface area contributed by atoms with Gasteiger partial charge in [-0.05, 0) is 44.0 Å². The lowest BCUT2D eigenvalue weighted by Gasteiger charge is -2.05. The van der Waals surface area contributed by atoms with Crippen LogP contribution in [-0.2, 0) is 0 Å². The predicted molar refractivity (Wildman–Crippen MR) is 73.4 cm³/mol. The topological polar surface area (TPSA) is 80.0 Å². The molecule has 2 heterocycles. The van der Waals surface area contributed by atoms with Gasteiger partial charge in [0, 0.05) is 5.56 Å². The van der Waals surface area contributed by atoms with E-state index in [-0.39, 0.29) is 17.6 Å². The van der Waals surface area contributed by atoms with Gasteiger partial charge in [-0.25, -0.2) is 4.39 Å². The zero-order valence-electron chi connectivity index (χ0n) is 11.5. The number of hydrogen-bond acceptors (Lipinski definition) is 5. The second kappa shape index (κ2) is 5.61. The summed E-state index contributed by atoms with van der Waals surface area (Å²) in [5.74, 6) is -0.479. The third-order valence-electron chi connectivity index (χ3n) is 3.46. The van der Waals surface area contributed by atoms with Crippen LogP contribution in [0.2, 0.25) is 0 Å². The Morgan fingerprint density at radius 1 is 1.48 bits per heavy atom. The molecule has 1 fully saturated rings. The highest BCUT2D eigenvalue weighted by Crippen LogP contribution is 2.23. The van der Waals surface area contributed by atoms with Crippen LogP contribution in [0.25, 0.3) is 0 Å². The minimum Gasteiger partial charge on any atom is -0.406 e. The van der Waals surface area contributed by atoms with Gasteiger partial charge in [0.15, 0.2) is 0 Å². The maximum Gasteiger partial charge on any atom is 0.322 e. The van der Waals surface area contributed by atoms with E-state index >= 15 is 0 Å². The summed E-state index contributed by atoms with van der Waals surface area (Å²) < 4.78 is 18.6. The Morgan fingerprint density at radius 3 is 3.10 bits per heavy atom. The molecular weight excluding hydrogens is 275 g/mol. The lowest BCUT2D eigenvalue weighted by Crippen LogP contribution is -2.14. The van der Waals surface area contributed by atoms with E-state index in [1.54, 1.807) is 13.0 Å². The van der Waals surface area contributed by atoms with Gasteiger partial charge in [0.2, 0.25) is 5.89 Å². The van der Waals surface area contributed by atoms with Gasteiger partial charge in [0.25, 0.3) is 5.91 Å². The average molecular weight is 290 g/mol. The minimum absolute atomic E-state index is 0.0207. The first-order chi connectivity index (χ1) is 10.1. The number of carbonyl (C=O) groups excluding carboxylic acids is 1. The molecule has 1 aromatic heterocycles. The Morgan fingerprint density at radius 2 is 2.33 bits per heavy atom. The average Bonchev–Trinajstić information content (AvgIpc) is 3.11. The molecule has 0 spiro atoms. The normalized spacial score (nSPS) is 17.9. The van der Waals surface area contributed by atoms with Crippen molar-refractivity contribution >= 4 is 11.9 Å². The van der Waals surface area contributed by atoms with Gasteiger partial charge in [-0.15, -0.1) is 5.10 Å². The van der Waals surface area contributed by atoms with Crippen molar-refractivity contribution in [3.8, 4) is 0 Å². The zero-order chi connectivity index (χ0) is 14.8. The van der Waals surface area contributed by atoms with Gasteiger partial charge in [-0.2, -0.15) is 0 Å². The van der Waals surface area contributed by atoms with Crippen LogP contribution in [0.4, 0.5) is 10.4 Å². The monoisotopic (exact) mass is 290 g/mol. The number of benzene rings is 1. The van der Waals surface area contributed by atoms with Crippen LogP contribution >= 0.6 is 0 Å². The molecule has 0 bridgehead atoms. The number of hydrogen-bond donors (Lipinski definition) is 2. The molecule has 2 N–H and O–H groups in total. The first-order valence-corrected chi connectivity index (χ1v) is 6.78. The van der Waals surface area contributed by atoms with Crippen LogP contribution in [0.5, 0.6) is 0 Å². The standard InChI is InChI=1S/C14H15FN4O2/c1-8-4-5-9(15)7-10(8)12(20)17-14-19-18-13(21-14)11-3-2-6-16-11/h4-5,7,11,16H,2-3,6H2,1H3,(H,17,19,20). The van der Waals surface area contributed by atoms with Gasteiger partial charge >= 0.3 is 6.01 Å². The summed E-state index contributed by atoms with van der Waals surface area (Å²) in [7, 11) is 0. The second-order valence-corrected chi connectivity index (χ2v) is 5.01. The molecule has 1 amide bonds. The van der Waals surface area contributed by atoms with Crippen molar-refractivity contribution in [2.75, 3.05) is 11.9 Å². The molecular formula is C14H15FN4O2. The molecule has 1 aliphatic rings. The van der Waals surface area contributed by atoms with Crippen molar-refractivity contribution in [1.82, 2.24) is 15.5 Å². The maximum absolute atomic E-state index is 13.2. The van der Waals surface area contributed by atoms with Gasteiger partial charge in [-0.3, -0.25) is 10.1 Å². The molecule has 1 aliphatic heterocycles. The third kappa shape index (κ3) is 2.92. The van der Waals surface area contributed by atoms with Crippen LogP contribution in [0.3, 0.4) is 0 Å². The van der Waals surface area contributed by atoms with Crippen LogP contribution in [0.1, 0.15) is 40.7 Å². The number of amides is 1. The first kappa shape index (κ1) is 13.7. The van der Waals surface area contributed by atoms with E-state index in [9.17, 15) is 9.18 Å². The Kier molecular flexibility index (Phi) is 3.66. The van der Waals surface area contributed by atoms with Crippen LogP contribution in [-0.4, -0.2) is 22.6 Å². The molecule has 0 saturated carbocycles. The highest BCUT2D eigenvalue weighted by molar-refractivity contribution is 6.04. The third-order valence-corrected chi connectivity index (χ3v) is 3.46. The molecule has 0 radical (unpaired) electrons. The molecule has 21 heavy (non-hydrogen) atoms. The minimum atomic E-state index is -0.471. The Labute approximate surface area is 120 Å². The number of aryl methyl sites for hydroxylation is 1. The molecule has 3 rings (SSSR count). The van der Waals surface area contributed by atoms with Crippen molar-refractivity contribution in [2.45, 2.75) is 25.8 Å². The molecule has 7 heteroatoms. The van der Waals surface area contributed by atoms with Gasteiger partial charge in [-0.1, -0.05) is 11.2 Å². The number of halogens is 1. The molecule has 1 aromatic carbocycles. The van der Waals surface area contributed by atoms with Gasteiger partial charge < -0.3 is 9.73 Å². The summed E-state index contributed by atoms with van der Waals surface area (Å²) in [6.07, 6.45) is 1.98. The number of nitrogens with zero attached hydrogens (tertiary/aromatic N) is 2. The summed E-state index contributed by atoms with van der Waals surface area (Å²) in [6.45, 7) is 2.65. The van der Waals surface area contributed by atoms with Crippen molar-refractivity contribution in [1.29, 1.82) is 0 Å². The molecule has 110 valence electrons. The molecule has 6 nitrogen and oxygen atoms in total. The molecule has 1 saturated heterocycles. The summed E-state index contributed by atoms with van der Waals surface area (Å²) in [6, 6.07) is 4.10. The lowest BCUT2D eigenvalue weighted by molar-refractivity contribution is 0.102. The van der Waals surface area contributed by atoms with Crippen molar-refractivity contribution in [2.24, 2.45) is 0 Å². The largest absolute Gasteiger partial charge is 0.406 e. The molecule has 1 unspecified atom stereocenters. The van der Waals surface area contributed by atoms with Crippen LogP contribution < -0.4 is 10.6 Å². The highest BCUT2D eigenvalue weighted by atomic mass is 19.1. The summed E-state index contributed by atoms with van der Waals surface area (Å²) in [5, 5.41) is 13.4. The smallest absolute Gasteiger partial charge is 0.322 e. The Balaban J connectivity index is 1.74. The fourth-order valence-electron chi connectivity index (χ4n) is 2.32. The molecule has 0 aliphatic carbocycles. The van der Waals surface area contributed by atoms with E-state index in [1.165, 1.54) is 12.1 Å². The maximum atomic E-state index is 13.2. The molecule has 2 aromatic rings. The van der Waals surface area contributed by atoms with Crippen LogP contribution in [0.15, 0.2) is 22.6 Å². The second-order valence-electron chi connectivity index (χ2n) is 5.01. The number of rotatable bonds is 3. The van der Waals surface area contributed by atoms with Gasteiger partial charge in [0.1, 0.15) is 5.82 Å². The summed E-state index contributed by atoms with van der Waals surface area (Å²) >= 11 is 0. The quantitative estimate of drug-likeness (QED) is 0.905. The fourth-order valence-corrected chi connectivity index (χ4v) is 2.32.